The second-order valence-electron chi connectivity index (χ2n) is 3.97. The number of nitrogens with zero attached hydrogens (tertiary/aromatic N) is 4. The summed E-state index contributed by atoms with van der Waals surface area (Å²) in [6, 6.07) is 5.44. The predicted octanol–water partition coefficient (Wildman–Crippen LogP) is 1.04. The SMILES string of the molecule is CN(C)CCc1noc(-c2ccc(C#N)[nH]2)n1. The Hall–Kier alpha value is -2.13. The van der Waals surface area contributed by atoms with E-state index in [4.69, 9.17) is 9.78 Å². The van der Waals surface area contributed by atoms with Crippen LogP contribution in [0.25, 0.3) is 11.6 Å². The van der Waals surface area contributed by atoms with Crippen LogP contribution in [0.5, 0.6) is 0 Å². The van der Waals surface area contributed by atoms with Crippen molar-refractivity contribution in [1.29, 1.82) is 5.26 Å². The minimum atomic E-state index is 0.417. The van der Waals surface area contributed by atoms with Crippen molar-refractivity contribution in [1.82, 2.24) is 20.0 Å². The standard InChI is InChI=1S/C11H13N5O/c1-16(2)6-5-10-14-11(17-15-10)9-4-3-8(7-12)13-9/h3-4,13H,5-6H2,1-2H3. The fraction of sp³-hybridized carbons (Fsp3) is 0.364. The summed E-state index contributed by atoms with van der Waals surface area (Å²) in [6.45, 7) is 0.868. The van der Waals surface area contributed by atoms with Crippen LogP contribution in [-0.4, -0.2) is 40.7 Å². The van der Waals surface area contributed by atoms with Crippen LogP contribution in [0.2, 0.25) is 0 Å². The molecule has 2 aromatic rings. The van der Waals surface area contributed by atoms with Crippen LogP contribution in [0, 0.1) is 11.3 Å². The summed E-state index contributed by atoms with van der Waals surface area (Å²) >= 11 is 0. The monoisotopic (exact) mass is 231 g/mol. The van der Waals surface area contributed by atoms with E-state index in [1.54, 1.807) is 12.1 Å². The highest BCUT2D eigenvalue weighted by Gasteiger charge is 2.10. The van der Waals surface area contributed by atoms with Crippen LogP contribution in [0.15, 0.2) is 16.7 Å². The topological polar surface area (TPSA) is 81.7 Å². The lowest BCUT2D eigenvalue weighted by molar-refractivity contribution is 0.392. The van der Waals surface area contributed by atoms with Gasteiger partial charge in [-0.25, -0.2) is 0 Å². The number of H-pyrrole nitrogens is 1. The summed E-state index contributed by atoms with van der Waals surface area (Å²) in [5.41, 5.74) is 1.15. The van der Waals surface area contributed by atoms with E-state index < -0.39 is 0 Å². The number of nitrogens with one attached hydrogen (secondary N) is 1. The lowest BCUT2D eigenvalue weighted by atomic mass is 10.4. The first-order chi connectivity index (χ1) is 8.19. The zero-order valence-electron chi connectivity index (χ0n) is 9.77. The molecule has 0 fully saturated rings. The molecule has 2 aromatic heterocycles. The number of likely N-dealkylation sites (N-methyl/N-ethyl adjacent to an activating group) is 1. The Bertz CT molecular complexity index is 534. The summed E-state index contributed by atoms with van der Waals surface area (Å²) in [5, 5.41) is 12.6. The molecule has 0 unspecified atom stereocenters. The minimum Gasteiger partial charge on any atom is -0.342 e. The Balaban J connectivity index is 2.10. The maximum Gasteiger partial charge on any atom is 0.274 e. The van der Waals surface area contributed by atoms with Crippen molar-refractivity contribution in [2.75, 3.05) is 20.6 Å². The molecule has 0 aliphatic rings. The molecule has 88 valence electrons. The lowest BCUT2D eigenvalue weighted by Gasteiger charge is -2.05. The Kier molecular flexibility index (Phi) is 3.21. The van der Waals surface area contributed by atoms with Crippen LogP contribution in [0.3, 0.4) is 0 Å². The van der Waals surface area contributed by atoms with Crippen LogP contribution in [0.4, 0.5) is 0 Å². The van der Waals surface area contributed by atoms with Crippen molar-refractivity contribution >= 4 is 0 Å². The number of hydrogen-bond acceptors (Lipinski definition) is 5. The van der Waals surface area contributed by atoms with Gasteiger partial charge in [-0.1, -0.05) is 5.16 Å². The first kappa shape index (κ1) is 11.4. The third-order valence-corrected chi connectivity index (χ3v) is 2.29. The summed E-state index contributed by atoms with van der Waals surface area (Å²) in [4.78, 5) is 9.20. The fourth-order valence-corrected chi connectivity index (χ4v) is 1.37. The molecule has 6 nitrogen and oxygen atoms in total. The highest BCUT2D eigenvalue weighted by atomic mass is 16.5. The molecule has 1 N–H and O–H groups in total. The van der Waals surface area contributed by atoms with E-state index in [9.17, 15) is 0 Å². The van der Waals surface area contributed by atoms with E-state index in [0.29, 0.717) is 23.1 Å². The summed E-state index contributed by atoms with van der Waals surface area (Å²) in [5.74, 6) is 1.09. The van der Waals surface area contributed by atoms with Crippen molar-refractivity contribution in [2.24, 2.45) is 0 Å². The van der Waals surface area contributed by atoms with E-state index >= 15 is 0 Å². The largest absolute Gasteiger partial charge is 0.342 e. The van der Waals surface area contributed by atoms with E-state index in [0.717, 1.165) is 13.0 Å². The van der Waals surface area contributed by atoms with Crippen molar-refractivity contribution in [3.8, 4) is 17.7 Å². The molecular formula is C11H13N5O. The van der Waals surface area contributed by atoms with Gasteiger partial charge in [-0.15, -0.1) is 0 Å². The van der Waals surface area contributed by atoms with Gasteiger partial charge in [-0.2, -0.15) is 10.2 Å². The van der Waals surface area contributed by atoms with Gasteiger partial charge in [0.1, 0.15) is 17.5 Å². The lowest BCUT2D eigenvalue weighted by Crippen LogP contribution is -2.15. The third-order valence-electron chi connectivity index (χ3n) is 2.29. The molecule has 0 saturated heterocycles. The number of aromatic nitrogens is 3. The Morgan fingerprint density at radius 3 is 2.94 bits per heavy atom. The van der Waals surface area contributed by atoms with Gasteiger partial charge in [0, 0.05) is 13.0 Å². The molecule has 6 heteroatoms. The maximum atomic E-state index is 8.69. The molecule has 0 aromatic carbocycles. The molecule has 17 heavy (non-hydrogen) atoms. The smallest absolute Gasteiger partial charge is 0.274 e. The van der Waals surface area contributed by atoms with Crippen molar-refractivity contribution in [3.05, 3.63) is 23.7 Å². The van der Waals surface area contributed by atoms with Crippen molar-refractivity contribution < 1.29 is 4.52 Å². The number of hydrogen-bond donors (Lipinski definition) is 1. The first-order valence-corrected chi connectivity index (χ1v) is 5.26. The van der Waals surface area contributed by atoms with Gasteiger partial charge >= 0.3 is 0 Å². The van der Waals surface area contributed by atoms with Gasteiger partial charge in [0.2, 0.25) is 0 Å². The summed E-state index contributed by atoms with van der Waals surface area (Å²) in [7, 11) is 3.98. The maximum absolute atomic E-state index is 8.69. The van der Waals surface area contributed by atoms with Crippen LogP contribution < -0.4 is 0 Å². The predicted molar refractivity (Wildman–Crippen MR) is 61.1 cm³/mol. The van der Waals surface area contributed by atoms with Gasteiger partial charge in [0.15, 0.2) is 5.82 Å². The zero-order chi connectivity index (χ0) is 12.3. The molecule has 2 rings (SSSR count). The summed E-state index contributed by atoms with van der Waals surface area (Å²) < 4.78 is 5.12. The second kappa shape index (κ2) is 4.80. The molecule has 0 radical (unpaired) electrons. The summed E-state index contributed by atoms with van der Waals surface area (Å²) in [6.07, 6.45) is 0.738. The van der Waals surface area contributed by atoms with Crippen molar-refractivity contribution in [2.45, 2.75) is 6.42 Å². The molecule has 0 aliphatic carbocycles. The fourth-order valence-electron chi connectivity index (χ4n) is 1.37. The van der Waals surface area contributed by atoms with E-state index in [1.807, 2.05) is 20.2 Å². The van der Waals surface area contributed by atoms with Gasteiger partial charge in [0.05, 0.1) is 0 Å². The molecule has 0 atom stereocenters. The molecule has 2 heterocycles. The first-order valence-electron chi connectivity index (χ1n) is 5.26. The normalized spacial score (nSPS) is 10.7. The molecule has 0 amide bonds. The van der Waals surface area contributed by atoms with Gasteiger partial charge in [0.25, 0.3) is 5.89 Å². The highest BCUT2D eigenvalue weighted by molar-refractivity contribution is 5.49. The van der Waals surface area contributed by atoms with E-state index in [2.05, 4.69) is 20.0 Å². The highest BCUT2D eigenvalue weighted by Crippen LogP contribution is 2.16. The van der Waals surface area contributed by atoms with E-state index in [1.165, 1.54) is 0 Å². The Morgan fingerprint density at radius 2 is 2.29 bits per heavy atom. The quantitative estimate of drug-likeness (QED) is 0.850. The molecule has 0 bridgehead atoms. The average Bonchev–Trinajstić information content (AvgIpc) is 2.94. The molecular weight excluding hydrogens is 218 g/mol. The van der Waals surface area contributed by atoms with Crippen molar-refractivity contribution in [3.63, 3.8) is 0 Å². The van der Waals surface area contributed by atoms with E-state index in [-0.39, 0.29) is 0 Å². The van der Waals surface area contributed by atoms with Gasteiger partial charge in [-0.05, 0) is 26.2 Å². The van der Waals surface area contributed by atoms with Crippen LogP contribution in [0.1, 0.15) is 11.5 Å². The second-order valence-corrected chi connectivity index (χ2v) is 3.97. The molecule has 0 saturated carbocycles. The van der Waals surface area contributed by atoms with Crippen LogP contribution in [-0.2, 0) is 6.42 Å². The van der Waals surface area contributed by atoms with Gasteiger partial charge in [-0.3, -0.25) is 0 Å². The number of aromatic amines is 1. The Morgan fingerprint density at radius 1 is 1.47 bits per heavy atom. The third kappa shape index (κ3) is 2.71. The number of rotatable bonds is 4. The molecule has 0 spiro atoms. The molecule has 0 aliphatic heterocycles. The number of nitriles is 1. The zero-order valence-corrected chi connectivity index (χ0v) is 9.77. The average molecular weight is 231 g/mol. The van der Waals surface area contributed by atoms with Crippen LogP contribution >= 0.6 is 0 Å². The Labute approximate surface area is 98.9 Å². The minimum absolute atomic E-state index is 0.417. The van der Waals surface area contributed by atoms with Gasteiger partial charge < -0.3 is 14.4 Å².